The zero-order valence-electron chi connectivity index (χ0n) is 12.1. The predicted octanol–water partition coefficient (Wildman–Crippen LogP) is 0.00879. The Morgan fingerprint density at radius 2 is 1.96 bits per heavy atom. The van der Waals surface area contributed by atoms with Crippen LogP contribution in [0.2, 0.25) is 0 Å². The van der Waals surface area contributed by atoms with E-state index >= 15 is 0 Å². The number of aliphatic hydroxyl groups is 3. The molecule has 0 spiro atoms. The number of aliphatic hydroxyl groups excluding tert-OH is 3. The Morgan fingerprint density at radius 1 is 1.26 bits per heavy atom. The van der Waals surface area contributed by atoms with Gasteiger partial charge in [-0.3, -0.25) is 4.57 Å². The first-order chi connectivity index (χ1) is 11.0. The lowest BCUT2D eigenvalue weighted by atomic mass is 9.94. The van der Waals surface area contributed by atoms with Crippen LogP contribution in [0.4, 0.5) is 5.82 Å². The molecular formula is C15H17N3O4S. The number of nitrogens with zero attached hydrogens (tertiary/aromatic N) is 2. The molecule has 1 saturated heterocycles. The van der Waals surface area contributed by atoms with Crippen LogP contribution in [0.5, 0.6) is 0 Å². The van der Waals surface area contributed by atoms with E-state index in [-0.39, 0.29) is 10.6 Å². The van der Waals surface area contributed by atoms with Crippen molar-refractivity contribution < 1.29 is 20.1 Å². The van der Waals surface area contributed by atoms with Crippen molar-refractivity contribution >= 4 is 18.0 Å². The van der Waals surface area contributed by atoms with Gasteiger partial charge in [-0.25, -0.2) is 4.98 Å². The van der Waals surface area contributed by atoms with Crippen molar-refractivity contribution in [1.29, 1.82) is 0 Å². The summed E-state index contributed by atoms with van der Waals surface area (Å²) in [6, 6.07) is 10.4. The highest BCUT2D eigenvalue weighted by atomic mass is 32.1. The van der Waals surface area contributed by atoms with Gasteiger partial charge >= 0.3 is 0 Å². The normalized spacial score (nSPS) is 30.5. The summed E-state index contributed by atoms with van der Waals surface area (Å²) in [5.41, 5.74) is 4.72. The number of ether oxygens (including phenoxy) is 1. The molecule has 0 radical (unpaired) electrons. The number of anilines is 1. The number of rotatable bonds is 3. The summed E-state index contributed by atoms with van der Waals surface area (Å²) < 4.78 is 7.42. The summed E-state index contributed by atoms with van der Waals surface area (Å²) in [5, 5.41) is 30.4. The second-order valence-corrected chi connectivity index (χ2v) is 5.71. The maximum atomic E-state index is 10.7. The van der Waals surface area contributed by atoms with Gasteiger partial charge in [-0.05, 0) is 18.3 Å². The van der Waals surface area contributed by atoms with Crippen molar-refractivity contribution in [2.45, 2.75) is 24.0 Å². The Bertz CT molecular complexity index is 754. The fourth-order valence-electron chi connectivity index (χ4n) is 2.87. The molecule has 0 amide bonds. The van der Waals surface area contributed by atoms with Gasteiger partial charge in [-0.1, -0.05) is 30.3 Å². The minimum absolute atomic E-state index is 0.0960. The number of nitrogen functional groups attached to an aromatic ring is 1. The summed E-state index contributed by atoms with van der Waals surface area (Å²) in [6.07, 6.45) is -2.03. The van der Waals surface area contributed by atoms with Gasteiger partial charge < -0.3 is 25.8 Å². The van der Waals surface area contributed by atoms with Crippen LogP contribution < -0.4 is 5.73 Å². The summed E-state index contributed by atoms with van der Waals surface area (Å²) in [7, 11) is 0. The Labute approximate surface area is 137 Å². The summed E-state index contributed by atoms with van der Waals surface area (Å²) >= 11 is 5.25. The first-order valence-electron chi connectivity index (χ1n) is 7.06. The summed E-state index contributed by atoms with van der Waals surface area (Å²) in [6.45, 7) is -0.442. The lowest BCUT2D eigenvalue weighted by Gasteiger charge is -2.35. The van der Waals surface area contributed by atoms with E-state index in [0.717, 1.165) is 0 Å². The third-order valence-corrected chi connectivity index (χ3v) is 4.27. The smallest absolute Gasteiger partial charge is 0.204 e. The molecule has 1 aliphatic rings. The van der Waals surface area contributed by atoms with Crippen LogP contribution in [0, 0.1) is 4.77 Å². The maximum absolute atomic E-state index is 10.7. The molecule has 1 aromatic carbocycles. The van der Waals surface area contributed by atoms with Crippen molar-refractivity contribution in [2.24, 2.45) is 0 Å². The molecule has 0 aliphatic carbocycles. The highest BCUT2D eigenvalue weighted by Crippen LogP contribution is 2.41. The number of nitrogens with two attached hydrogens (primary N) is 1. The minimum Gasteiger partial charge on any atom is -0.394 e. The number of aromatic nitrogens is 2. The second-order valence-electron chi connectivity index (χ2n) is 5.34. The first-order valence-corrected chi connectivity index (χ1v) is 7.47. The highest BCUT2D eigenvalue weighted by Gasteiger charge is 2.56. The van der Waals surface area contributed by atoms with E-state index in [1.54, 1.807) is 30.5 Å². The standard InChI is InChI=1S/C15H17N3O4S/c16-11-6-7-18(14(23)17-11)15(9-4-2-1-3-5-9)13(21)12(20)10(8-19)22-15/h1-7,10,12-13,19-21H,8H2,(H2,16,17,23)/t10-,12-,13-,15-/m1/s1. The molecule has 0 saturated carbocycles. The van der Waals surface area contributed by atoms with Crippen molar-refractivity contribution in [2.75, 3.05) is 12.3 Å². The summed E-state index contributed by atoms with van der Waals surface area (Å²) in [4.78, 5) is 4.02. The lowest BCUT2D eigenvalue weighted by molar-refractivity contribution is -0.119. The third-order valence-electron chi connectivity index (χ3n) is 3.99. The zero-order valence-corrected chi connectivity index (χ0v) is 12.9. The number of hydrogen-bond acceptors (Lipinski definition) is 7. The quantitative estimate of drug-likeness (QED) is 0.584. The maximum Gasteiger partial charge on any atom is 0.204 e. The van der Waals surface area contributed by atoms with Crippen molar-refractivity contribution in [3.63, 3.8) is 0 Å². The van der Waals surface area contributed by atoms with Crippen LogP contribution in [0.3, 0.4) is 0 Å². The first kappa shape index (κ1) is 16.0. The Balaban J connectivity index is 2.26. The van der Waals surface area contributed by atoms with Crippen LogP contribution in [0.1, 0.15) is 5.56 Å². The molecular weight excluding hydrogens is 318 g/mol. The van der Waals surface area contributed by atoms with Crippen molar-refractivity contribution in [3.05, 3.63) is 52.9 Å². The van der Waals surface area contributed by atoms with E-state index in [4.69, 9.17) is 22.7 Å². The van der Waals surface area contributed by atoms with Gasteiger partial charge in [0.1, 0.15) is 24.1 Å². The molecule has 4 atom stereocenters. The molecule has 2 heterocycles. The molecule has 122 valence electrons. The molecule has 3 rings (SSSR count). The highest BCUT2D eigenvalue weighted by molar-refractivity contribution is 7.71. The largest absolute Gasteiger partial charge is 0.394 e. The Hall–Kier alpha value is -1.84. The van der Waals surface area contributed by atoms with Gasteiger partial charge in [-0.2, -0.15) is 0 Å². The molecule has 23 heavy (non-hydrogen) atoms. The molecule has 1 aromatic heterocycles. The Kier molecular flexibility index (Phi) is 4.17. The van der Waals surface area contributed by atoms with Crippen LogP contribution in [0.15, 0.2) is 42.6 Å². The monoisotopic (exact) mass is 335 g/mol. The van der Waals surface area contributed by atoms with Crippen LogP contribution in [-0.4, -0.2) is 49.8 Å². The topological polar surface area (TPSA) is 114 Å². The van der Waals surface area contributed by atoms with Gasteiger partial charge in [0.2, 0.25) is 10.5 Å². The Morgan fingerprint density at radius 3 is 2.52 bits per heavy atom. The molecule has 5 N–H and O–H groups in total. The molecule has 0 bridgehead atoms. The average Bonchev–Trinajstić information content (AvgIpc) is 2.81. The van der Waals surface area contributed by atoms with Gasteiger partial charge in [0.15, 0.2) is 0 Å². The number of benzene rings is 1. The van der Waals surface area contributed by atoms with Gasteiger partial charge in [0.25, 0.3) is 0 Å². The molecule has 8 heteroatoms. The van der Waals surface area contributed by atoms with E-state index in [1.165, 1.54) is 10.6 Å². The average molecular weight is 335 g/mol. The van der Waals surface area contributed by atoms with E-state index in [1.807, 2.05) is 6.07 Å². The molecule has 0 unspecified atom stereocenters. The molecule has 1 aliphatic heterocycles. The molecule has 1 fully saturated rings. The fourth-order valence-corrected chi connectivity index (χ4v) is 3.18. The van der Waals surface area contributed by atoms with Crippen LogP contribution in [-0.2, 0) is 10.5 Å². The lowest BCUT2D eigenvalue weighted by Crippen LogP contribution is -2.47. The number of hydrogen-bond donors (Lipinski definition) is 4. The molecule has 2 aromatic rings. The van der Waals surface area contributed by atoms with E-state index < -0.39 is 30.6 Å². The molecule has 7 nitrogen and oxygen atoms in total. The van der Waals surface area contributed by atoms with Crippen molar-refractivity contribution in [3.8, 4) is 0 Å². The zero-order chi connectivity index (χ0) is 16.6. The summed E-state index contributed by atoms with van der Waals surface area (Å²) in [5.74, 6) is 0.237. The predicted molar refractivity (Wildman–Crippen MR) is 85.0 cm³/mol. The van der Waals surface area contributed by atoms with Crippen LogP contribution >= 0.6 is 12.2 Å². The van der Waals surface area contributed by atoms with Gasteiger partial charge in [-0.15, -0.1) is 0 Å². The van der Waals surface area contributed by atoms with E-state index in [0.29, 0.717) is 5.56 Å². The second kappa shape index (κ2) is 5.99. The van der Waals surface area contributed by atoms with Gasteiger partial charge in [0, 0.05) is 11.8 Å². The van der Waals surface area contributed by atoms with Gasteiger partial charge in [0.05, 0.1) is 6.61 Å². The van der Waals surface area contributed by atoms with E-state index in [9.17, 15) is 15.3 Å². The van der Waals surface area contributed by atoms with Crippen molar-refractivity contribution in [1.82, 2.24) is 9.55 Å². The minimum atomic E-state index is -1.49. The SMILES string of the molecule is Nc1ccn([C@]2(c3ccccc3)O[C@H](CO)[C@@H](O)[C@H]2O)c(=S)n1. The van der Waals surface area contributed by atoms with Crippen LogP contribution in [0.25, 0.3) is 0 Å². The third kappa shape index (κ3) is 2.44. The van der Waals surface area contributed by atoms with E-state index in [2.05, 4.69) is 4.98 Å². The fraction of sp³-hybridized carbons (Fsp3) is 0.333.